The second kappa shape index (κ2) is 8.23. The van der Waals surface area contributed by atoms with Gasteiger partial charge in [0.05, 0.1) is 0 Å². The highest BCUT2D eigenvalue weighted by Gasteiger charge is 2.31. The maximum absolute atomic E-state index is 13.3. The highest BCUT2D eigenvalue weighted by molar-refractivity contribution is 6.01. The molecule has 0 bridgehead atoms. The average Bonchev–Trinajstić information content (AvgIpc) is 3.20. The lowest BCUT2D eigenvalue weighted by Crippen LogP contribution is -2.49. The lowest BCUT2D eigenvalue weighted by molar-refractivity contribution is 0.0735. The summed E-state index contributed by atoms with van der Waals surface area (Å²) in [4.78, 5) is 17.1. The monoisotopic (exact) mass is 413 g/mol. The number of nitrogens with zero attached hydrogens (tertiary/aromatic N) is 3. The first kappa shape index (κ1) is 20.0. The SMILES string of the molecule is C[C@H](O)c1onc(-c2ccc(F)cc2)c1C(=O)N1CCN(c2ccc(F)cc2)CC1. The van der Waals surface area contributed by atoms with Crippen molar-refractivity contribution >= 4 is 11.6 Å². The van der Waals surface area contributed by atoms with Crippen molar-refractivity contribution in [2.75, 3.05) is 31.1 Å². The van der Waals surface area contributed by atoms with Crippen molar-refractivity contribution < 1.29 is 23.2 Å². The molecule has 8 heteroatoms. The van der Waals surface area contributed by atoms with E-state index in [1.807, 2.05) is 0 Å². The van der Waals surface area contributed by atoms with Gasteiger partial charge in [-0.1, -0.05) is 5.16 Å². The molecular formula is C22H21F2N3O3. The van der Waals surface area contributed by atoms with Crippen molar-refractivity contribution in [2.24, 2.45) is 0 Å². The van der Waals surface area contributed by atoms with Gasteiger partial charge in [0.15, 0.2) is 5.76 Å². The fourth-order valence-electron chi connectivity index (χ4n) is 3.58. The van der Waals surface area contributed by atoms with E-state index in [4.69, 9.17) is 4.52 Å². The predicted molar refractivity (Wildman–Crippen MR) is 107 cm³/mol. The van der Waals surface area contributed by atoms with E-state index in [2.05, 4.69) is 10.1 Å². The third-order valence-electron chi connectivity index (χ3n) is 5.19. The fourth-order valence-corrected chi connectivity index (χ4v) is 3.58. The van der Waals surface area contributed by atoms with Crippen LogP contribution >= 0.6 is 0 Å². The van der Waals surface area contributed by atoms with Gasteiger partial charge in [0.25, 0.3) is 5.91 Å². The zero-order chi connectivity index (χ0) is 21.3. The van der Waals surface area contributed by atoms with Crippen LogP contribution in [0.3, 0.4) is 0 Å². The summed E-state index contributed by atoms with van der Waals surface area (Å²) in [5.41, 5.74) is 1.88. The van der Waals surface area contributed by atoms with Gasteiger partial charge in [-0.05, 0) is 55.5 Å². The number of aliphatic hydroxyl groups is 1. The van der Waals surface area contributed by atoms with E-state index in [-0.39, 0.29) is 28.7 Å². The van der Waals surface area contributed by atoms with Crippen molar-refractivity contribution in [3.8, 4) is 11.3 Å². The molecule has 0 saturated carbocycles. The Labute approximate surface area is 172 Å². The van der Waals surface area contributed by atoms with Crippen LogP contribution in [-0.2, 0) is 0 Å². The maximum atomic E-state index is 13.3. The van der Waals surface area contributed by atoms with E-state index >= 15 is 0 Å². The minimum absolute atomic E-state index is 0.0836. The number of hydrogen-bond acceptors (Lipinski definition) is 5. The van der Waals surface area contributed by atoms with Crippen LogP contribution in [0.15, 0.2) is 53.1 Å². The van der Waals surface area contributed by atoms with E-state index in [1.165, 1.54) is 43.3 Å². The second-order valence-electron chi connectivity index (χ2n) is 7.21. The van der Waals surface area contributed by atoms with Gasteiger partial charge < -0.3 is 19.4 Å². The molecule has 3 aromatic rings. The van der Waals surface area contributed by atoms with Crippen LogP contribution in [0.25, 0.3) is 11.3 Å². The molecule has 1 amide bonds. The topological polar surface area (TPSA) is 69.8 Å². The largest absolute Gasteiger partial charge is 0.385 e. The van der Waals surface area contributed by atoms with Crippen molar-refractivity contribution in [3.63, 3.8) is 0 Å². The molecule has 1 saturated heterocycles. The molecule has 1 fully saturated rings. The number of carbonyl (C=O) groups is 1. The molecule has 2 aromatic carbocycles. The predicted octanol–water partition coefficient (Wildman–Crippen LogP) is 3.64. The maximum Gasteiger partial charge on any atom is 0.259 e. The van der Waals surface area contributed by atoms with Crippen molar-refractivity contribution in [1.82, 2.24) is 10.1 Å². The van der Waals surface area contributed by atoms with E-state index in [9.17, 15) is 18.7 Å². The number of aliphatic hydroxyl groups excluding tert-OH is 1. The van der Waals surface area contributed by atoms with Crippen LogP contribution in [0.2, 0.25) is 0 Å². The van der Waals surface area contributed by atoms with Crippen LogP contribution in [0.5, 0.6) is 0 Å². The van der Waals surface area contributed by atoms with Gasteiger partial charge in [-0.25, -0.2) is 8.78 Å². The molecule has 156 valence electrons. The molecule has 6 nitrogen and oxygen atoms in total. The van der Waals surface area contributed by atoms with E-state index < -0.39 is 11.9 Å². The molecule has 1 aromatic heterocycles. The Morgan fingerprint density at radius 1 is 1.00 bits per heavy atom. The lowest BCUT2D eigenvalue weighted by Gasteiger charge is -2.36. The Bertz CT molecular complexity index is 1020. The molecule has 4 rings (SSSR count). The van der Waals surface area contributed by atoms with Crippen LogP contribution < -0.4 is 4.90 Å². The molecule has 0 radical (unpaired) electrons. The second-order valence-corrected chi connectivity index (χ2v) is 7.21. The first-order chi connectivity index (χ1) is 14.4. The van der Waals surface area contributed by atoms with Gasteiger partial charge in [0.2, 0.25) is 0 Å². The number of rotatable bonds is 4. The van der Waals surface area contributed by atoms with Crippen LogP contribution in [0.1, 0.15) is 29.1 Å². The zero-order valence-electron chi connectivity index (χ0n) is 16.4. The summed E-state index contributed by atoms with van der Waals surface area (Å²) in [6.07, 6.45) is -1.02. The minimum Gasteiger partial charge on any atom is -0.385 e. The summed E-state index contributed by atoms with van der Waals surface area (Å²) in [5.74, 6) is -0.910. The number of amides is 1. The molecule has 1 N–H and O–H groups in total. The molecule has 30 heavy (non-hydrogen) atoms. The highest BCUT2D eigenvalue weighted by atomic mass is 19.1. The number of anilines is 1. The summed E-state index contributed by atoms with van der Waals surface area (Å²) in [6.45, 7) is 3.56. The first-order valence-electron chi connectivity index (χ1n) is 9.67. The summed E-state index contributed by atoms with van der Waals surface area (Å²) >= 11 is 0. The Kier molecular flexibility index (Phi) is 5.50. The fraction of sp³-hybridized carbons (Fsp3) is 0.273. The van der Waals surface area contributed by atoms with Gasteiger partial charge in [0.1, 0.15) is 29.0 Å². The van der Waals surface area contributed by atoms with E-state index in [0.717, 1.165) is 5.69 Å². The highest BCUT2D eigenvalue weighted by Crippen LogP contribution is 2.31. The third kappa shape index (κ3) is 3.91. The van der Waals surface area contributed by atoms with Crippen molar-refractivity contribution in [2.45, 2.75) is 13.0 Å². The molecule has 1 atom stereocenters. The van der Waals surface area contributed by atoms with Crippen molar-refractivity contribution in [1.29, 1.82) is 0 Å². The van der Waals surface area contributed by atoms with Gasteiger partial charge in [-0.15, -0.1) is 0 Å². The number of piperazine rings is 1. The molecule has 1 aliphatic heterocycles. The quantitative estimate of drug-likeness (QED) is 0.707. The average molecular weight is 413 g/mol. The van der Waals surface area contributed by atoms with Gasteiger partial charge in [0, 0.05) is 37.4 Å². The smallest absolute Gasteiger partial charge is 0.259 e. The normalized spacial score (nSPS) is 15.3. The minimum atomic E-state index is -1.02. The summed E-state index contributed by atoms with van der Waals surface area (Å²) < 4.78 is 31.7. The Balaban J connectivity index is 1.56. The number of halogens is 2. The standard InChI is InChI=1S/C22H21F2N3O3/c1-14(28)21-19(20(25-30-21)15-2-4-16(23)5-3-15)22(29)27-12-10-26(11-13-27)18-8-6-17(24)7-9-18/h2-9,14,28H,10-13H2,1H3/t14-/m0/s1. The van der Waals surface area contributed by atoms with E-state index in [1.54, 1.807) is 17.0 Å². The molecule has 1 aliphatic rings. The summed E-state index contributed by atoms with van der Waals surface area (Å²) in [7, 11) is 0. The molecular weight excluding hydrogens is 392 g/mol. The van der Waals surface area contributed by atoms with Crippen LogP contribution in [0, 0.1) is 11.6 Å². The number of hydrogen-bond donors (Lipinski definition) is 1. The zero-order valence-corrected chi connectivity index (χ0v) is 16.4. The number of carbonyl (C=O) groups excluding carboxylic acids is 1. The molecule has 0 spiro atoms. The van der Waals surface area contributed by atoms with Gasteiger partial charge >= 0.3 is 0 Å². The third-order valence-corrected chi connectivity index (χ3v) is 5.19. The van der Waals surface area contributed by atoms with Crippen molar-refractivity contribution in [3.05, 3.63) is 71.5 Å². The van der Waals surface area contributed by atoms with E-state index in [0.29, 0.717) is 31.7 Å². The first-order valence-corrected chi connectivity index (χ1v) is 9.67. The van der Waals surface area contributed by atoms with Gasteiger partial charge in [-0.3, -0.25) is 4.79 Å². The van der Waals surface area contributed by atoms with Gasteiger partial charge in [-0.2, -0.15) is 0 Å². The molecule has 0 aliphatic carbocycles. The number of benzene rings is 2. The van der Waals surface area contributed by atoms with Crippen LogP contribution in [0.4, 0.5) is 14.5 Å². The Morgan fingerprint density at radius 3 is 2.13 bits per heavy atom. The molecule has 2 heterocycles. The number of aromatic nitrogens is 1. The lowest BCUT2D eigenvalue weighted by atomic mass is 10.0. The summed E-state index contributed by atoms with van der Waals surface area (Å²) in [6, 6.07) is 11.8. The Morgan fingerprint density at radius 2 is 1.57 bits per heavy atom. The summed E-state index contributed by atoms with van der Waals surface area (Å²) in [5, 5.41) is 14.0. The molecule has 0 unspecified atom stereocenters. The van der Waals surface area contributed by atoms with Crippen LogP contribution in [-0.4, -0.2) is 47.2 Å². The Hall–Kier alpha value is -3.26.